The van der Waals surface area contributed by atoms with Crippen LogP contribution in [-0.4, -0.2) is 25.1 Å². The molecule has 0 spiro atoms. The zero-order valence-electron chi connectivity index (χ0n) is 19.2. The van der Waals surface area contributed by atoms with Crippen molar-refractivity contribution in [2.75, 3.05) is 11.3 Å². The molecule has 2 aromatic rings. The van der Waals surface area contributed by atoms with Crippen LogP contribution in [0.1, 0.15) is 71.1 Å². The Morgan fingerprint density at radius 3 is 2.03 bits per heavy atom. The normalized spacial score (nSPS) is 11.3. The van der Waals surface area contributed by atoms with Gasteiger partial charge in [0.1, 0.15) is 11.5 Å². The fourth-order valence-electron chi connectivity index (χ4n) is 3.42. The SMILES string of the molecule is CCCCCCCCCCCCOc1ccc(S(=O)(=O)Nc2ccc([N+](=O)[O-])cc2O)cc1. The Kier molecular flexibility index (Phi) is 11.0. The first-order valence-corrected chi connectivity index (χ1v) is 13.0. The minimum absolute atomic E-state index is 0.00783. The zero-order valence-corrected chi connectivity index (χ0v) is 20.0. The van der Waals surface area contributed by atoms with E-state index in [0.29, 0.717) is 12.4 Å². The van der Waals surface area contributed by atoms with Gasteiger partial charge in [-0.3, -0.25) is 14.8 Å². The number of phenols is 1. The monoisotopic (exact) mass is 478 g/mol. The van der Waals surface area contributed by atoms with E-state index in [2.05, 4.69) is 11.6 Å². The smallest absolute Gasteiger partial charge is 0.273 e. The third-order valence-corrected chi connectivity index (χ3v) is 6.72. The van der Waals surface area contributed by atoms with Crippen LogP contribution in [-0.2, 0) is 10.0 Å². The Labute approximate surface area is 196 Å². The number of nitro groups is 1. The van der Waals surface area contributed by atoms with Crippen LogP contribution in [0.3, 0.4) is 0 Å². The zero-order chi connectivity index (χ0) is 24.1. The molecule has 0 atom stereocenters. The van der Waals surface area contributed by atoms with Gasteiger partial charge in [0.2, 0.25) is 0 Å². The van der Waals surface area contributed by atoms with Gasteiger partial charge in [0.25, 0.3) is 15.7 Å². The summed E-state index contributed by atoms with van der Waals surface area (Å²) in [5, 5.41) is 20.6. The summed E-state index contributed by atoms with van der Waals surface area (Å²) in [6.45, 7) is 2.81. The van der Waals surface area contributed by atoms with Crippen molar-refractivity contribution < 1.29 is 23.2 Å². The molecule has 2 N–H and O–H groups in total. The second-order valence-electron chi connectivity index (χ2n) is 8.07. The van der Waals surface area contributed by atoms with Crippen LogP contribution in [0.25, 0.3) is 0 Å². The van der Waals surface area contributed by atoms with E-state index in [1.165, 1.54) is 63.5 Å². The van der Waals surface area contributed by atoms with Crippen molar-refractivity contribution in [3.05, 3.63) is 52.6 Å². The van der Waals surface area contributed by atoms with Gasteiger partial charge >= 0.3 is 0 Å². The van der Waals surface area contributed by atoms with Gasteiger partial charge in [-0.1, -0.05) is 64.7 Å². The highest BCUT2D eigenvalue weighted by atomic mass is 32.2. The van der Waals surface area contributed by atoms with E-state index in [-0.39, 0.29) is 16.3 Å². The van der Waals surface area contributed by atoms with Crippen LogP contribution in [0.4, 0.5) is 11.4 Å². The minimum atomic E-state index is -3.97. The number of hydrogen-bond acceptors (Lipinski definition) is 6. The summed E-state index contributed by atoms with van der Waals surface area (Å²) < 4.78 is 33.0. The highest BCUT2D eigenvalue weighted by molar-refractivity contribution is 7.92. The topological polar surface area (TPSA) is 119 Å². The first-order chi connectivity index (χ1) is 15.8. The fourth-order valence-corrected chi connectivity index (χ4v) is 4.49. The second kappa shape index (κ2) is 13.7. The first-order valence-electron chi connectivity index (χ1n) is 11.6. The van der Waals surface area contributed by atoms with E-state index < -0.39 is 20.7 Å². The summed E-state index contributed by atoms with van der Waals surface area (Å²) in [7, 11) is -3.97. The number of anilines is 1. The van der Waals surface area contributed by atoms with Crippen LogP contribution < -0.4 is 9.46 Å². The molecule has 0 saturated heterocycles. The Balaban J connectivity index is 1.73. The summed E-state index contributed by atoms with van der Waals surface area (Å²) in [6.07, 6.45) is 12.5. The molecule has 0 bridgehead atoms. The van der Waals surface area contributed by atoms with Crippen molar-refractivity contribution in [1.29, 1.82) is 0 Å². The molecule has 8 nitrogen and oxygen atoms in total. The molecule has 33 heavy (non-hydrogen) atoms. The van der Waals surface area contributed by atoms with Gasteiger partial charge in [-0.2, -0.15) is 0 Å². The number of benzene rings is 2. The molecular formula is C24H34N2O6S. The maximum atomic E-state index is 12.5. The number of rotatable bonds is 16. The van der Waals surface area contributed by atoms with Crippen LogP contribution in [0, 0.1) is 10.1 Å². The van der Waals surface area contributed by atoms with Crippen molar-refractivity contribution in [1.82, 2.24) is 0 Å². The molecule has 0 aromatic heterocycles. The summed E-state index contributed by atoms with van der Waals surface area (Å²) in [5.74, 6) is 0.0623. The van der Waals surface area contributed by atoms with Crippen LogP contribution >= 0.6 is 0 Å². The molecule has 182 valence electrons. The second-order valence-corrected chi connectivity index (χ2v) is 9.75. The van der Waals surface area contributed by atoms with Gasteiger partial charge in [0.15, 0.2) is 0 Å². The summed E-state index contributed by atoms with van der Waals surface area (Å²) in [5.41, 5.74) is -0.471. The summed E-state index contributed by atoms with van der Waals surface area (Å²) >= 11 is 0. The predicted molar refractivity (Wildman–Crippen MR) is 129 cm³/mol. The van der Waals surface area contributed by atoms with Crippen LogP contribution in [0.5, 0.6) is 11.5 Å². The predicted octanol–water partition coefficient (Wildman–Crippen LogP) is 6.40. The standard InChI is InChI=1S/C24H34N2O6S/c1-2-3-4-5-6-7-8-9-10-11-18-32-21-13-15-22(16-14-21)33(30,31)25-23-17-12-20(26(28)29)19-24(23)27/h12-17,19,25,27H,2-11,18H2,1H3. The van der Waals surface area contributed by atoms with E-state index in [0.717, 1.165) is 31.0 Å². The molecule has 0 amide bonds. The van der Waals surface area contributed by atoms with Crippen molar-refractivity contribution >= 4 is 21.4 Å². The molecule has 0 fully saturated rings. The number of hydrogen-bond donors (Lipinski definition) is 2. The van der Waals surface area contributed by atoms with Crippen molar-refractivity contribution in [2.45, 2.75) is 76.0 Å². The quantitative estimate of drug-likeness (QED) is 0.125. The Morgan fingerprint density at radius 1 is 0.909 bits per heavy atom. The molecule has 0 aliphatic rings. The highest BCUT2D eigenvalue weighted by Gasteiger charge is 2.18. The average Bonchev–Trinajstić information content (AvgIpc) is 2.79. The number of nitrogens with one attached hydrogen (secondary N) is 1. The lowest BCUT2D eigenvalue weighted by molar-refractivity contribution is -0.384. The largest absolute Gasteiger partial charge is 0.505 e. The van der Waals surface area contributed by atoms with Gasteiger partial charge in [-0.05, 0) is 36.8 Å². The molecule has 0 aliphatic carbocycles. The average molecular weight is 479 g/mol. The lowest BCUT2D eigenvalue weighted by atomic mass is 10.1. The summed E-state index contributed by atoms with van der Waals surface area (Å²) in [4.78, 5) is 10.1. The molecule has 0 heterocycles. The van der Waals surface area contributed by atoms with Crippen molar-refractivity contribution in [2.24, 2.45) is 0 Å². The van der Waals surface area contributed by atoms with E-state index in [1.54, 1.807) is 12.1 Å². The molecule has 0 aliphatic heterocycles. The molecule has 2 aromatic carbocycles. The number of sulfonamides is 1. The number of aromatic hydroxyl groups is 1. The molecule has 0 radical (unpaired) electrons. The summed E-state index contributed by atoms with van der Waals surface area (Å²) in [6, 6.07) is 9.15. The van der Waals surface area contributed by atoms with Crippen molar-refractivity contribution in [3.63, 3.8) is 0 Å². The molecule has 0 saturated carbocycles. The van der Waals surface area contributed by atoms with E-state index in [1.807, 2.05) is 0 Å². The Morgan fingerprint density at radius 2 is 1.48 bits per heavy atom. The number of nitrogens with zero attached hydrogens (tertiary/aromatic N) is 1. The minimum Gasteiger partial charge on any atom is -0.505 e. The van der Waals surface area contributed by atoms with E-state index in [4.69, 9.17) is 4.74 Å². The lowest BCUT2D eigenvalue weighted by Gasteiger charge is -2.11. The van der Waals surface area contributed by atoms with Gasteiger partial charge in [0, 0.05) is 6.07 Å². The Hall–Kier alpha value is -2.81. The fraction of sp³-hybridized carbons (Fsp3) is 0.500. The van der Waals surface area contributed by atoms with Gasteiger partial charge in [-0.15, -0.1) is 0 Å². The van der Waals surface area contributed by atoms with Crippen LogP contribution in [0.2, 0.25) is 0 Å². The van der Waals surface area contributed by atoms with Crippen LogP contribution in [0.15, 0.2) is 47.4 Å². The number of unbranched alkanes of at least 4 members (excludes halogenated alkanes) is 9. The lowest BCUT2D eigenvalue weighted by Crippen LogP contribution is -2.13. The number of nitro benzene ring substituents is 1. The van der Waals surface area contributed by atoms with Gasteiger partial charge < -0.3 is 9.84 Å². The van der Waals surface area contributed by atoms with E-state index in [9.17, 15) is 23.6 Å². The molecule has 0 unspecified atom stereocenters. The molecule has 2 rings (SSSR count). The first kappa shape index (κ1) is 26.4. The third kappa shape index (κ3) is 9.29. The maximum Gasteiger partial charge on any atom is 0.273 e. The van der Waals surface area contributed by atoms with E-state index >= 15 is 0 Å². The number of phenolic OH excluding ortho intramolecular Hbond substituents is 1. The van der Waals surface area contributed by atoms with Gasteiger partial charge in [-0.25, -0.2) is 8.42 Å². The highest BCUT2D eigenvalue weighted by Crippen LogP contribution is 2.30. The third-order valence-electron chi connectivity index (χ3n) is 5.34. The molecular weight excluding hydrogens is 444 g/mol. The number of non-ortho nitro benzene ring substituents is 1. The van der Waals surface area contributed by atoms with Crippen molar-refractivity contribution in [3.8, 4) is 11.5 Å². The number of ether oxygens (including phenoxy) is 1. The maximum absolute atomic E-state index is 12.5. The molecule has 9 heteroatoms. The van der Waals surface area contributed by atoms with Gasteiger partial charge in [0.05, 0.1) is 28.2 Å². The Bertz CT molecular complexity index is 977.